The van der Waals surface area contributed by atoms with Crippen molar-refractivity contribution in [2.45, 2.75) is 43.3 Å². The summed E-state index contributed by atoms with van der Waals surface area (Å²) in [5.74, 6) is 0.643. The van der Waals surface area contributed by atoms with Gasteiger partial charge in [-0.1, -0.05) is 37.2 Å². The second-order valence-electron chi connectivity index (χ2n) is 6.18. The summed E-state index contributed by atoms with van der Waals surface area (Å²) in [6.45, 7) is 5.30. The van der Waals surface area contributed by atoms with Crippen LogP contribution >= 0.6 is 23.4 Å². The number of hydrogen-bond acceptors (Lipinski definition) is 5. The third-order valence-electron chi connectivity index (χ3n) is 3.59. The van der Waals surface area contributed by atoms with Crippen molar-refractivity contribution in [1.29, 1.82) is 0 Å². The first-order chi connectivity index (χ1) is 12.2. The van der Waals surface area contributed by atoms with Crippen LogP contribution in [0.5, 0.6) is 0 Å². The number of rotatable bonds is 9. The molecule has 2 aromatic rings. The maximum atomic E-state index is 13.2. The number of nitrogens with zero attached hydrogens (tertiary/aromatic N) is 3. The van der Waals surface area contributed by atoms with E-state index in [-0.39, 0.29) is 16.5 Å². The molecule has 0 spiro atoms. The van der Waals surface area contributed by atoms with E-state index in [1.807, 2.05) is 6.26 Å². The van der Waals surface area contributed by atoms with Crippen molar-refractivity contribution in [3.05, 3.63) is 34.9 Å². The maximum Gasteiger partial charge on any atom is 0.240 e. The fourth-order valence-corrected chi connectivity index (χ4v) is 4.25. The van der Waals surface area contributed by atoms with Crippen LogP contribution in [0.2, 0.25) is 5.02 Å². The lowest BCUT2D eigenvalue weighted by Gasteiger charge is -2.12. The maximum absolute atomic E-state index is 13.2. The Labute approximate surface area is 162 Å². The summed E-state index contributed by atoms with van der Waals surface area (Å²) >= 11 is 7.19. The third kappa shape index (κ3) is 5.42. The molecule has 1 N–H and O–H groups in total. The first-order valence-corrected chi connectivity index (χ1v) is 11.2. The Morgan fingerprint density at radius 2 is 2.08 bits per heavy atom. The summed E-state index contributed by atoms with van der Waals surface area (Å²) in [7, 11) is -3.73. The van der Waals surface area contributed by atoms with Gasteiger partial charge in [0, 0.05) is 19.5 Å². The molecule has 0 saturated carbocycles. The van der Waals surface area contributed by atoms with E-state index < -0.39 is 15.8 Å². The molecule has 10 heteroatoms. The molecule has 144 valence electrons. The lowest BCUT2D eigenvalue weighted by molar-refractivity contribution is 0.477. The molecular formula is C16H22ClFN4O2S2. The van der Waals surface area contributed by atoms with E-state index >= 15 is 0 Å². The Kier molecular flexibility index (Phi) is 7.45. The van der Waals surface area contributed by atoms with E-state index in [9.17, 15) is 12.8 Å². The van der Waals surface area contributed by atoms with E-state index in [4.69, 9.17) is 11.6 Å². The minimum absolute atomic E-state index is 0.0588. The zero-order chi connectivity index (χ0) is 19.3. The van der Waals surface area contributed by atoms with Crippen LogP contribution in [-0.2, 0) is 23.0 Å². The highest BCUT2D eigenvalue weighted by molar-refractivity contribution is 7.98. The second kappa shape index (κ2) is 9.16. The fourth-order valence-electron chi connectivity index (χ4n) is 2.38. The summed E-state index contributed by atoms with van der Waals surface area (Å²) < 4.78 is 42.2. The Hall–Kier alpha value is -1.16. The fraction of sp³-hybridized carbons (Fsp3) is 0.500. The number of hydrogen-bond donors (Lipinski definition) is 1. The highest BCUT2D eigenvalue weighted by atomic mass is 35.5. The molecule has 0 radical (unpaired) electrons. The minimum Gasteiger partial charge on any atom is -0.306 e. The molecular weight excluding hydrogens is 399 g/mol. The number of nitrogens with one attached hydrogen (secondary N) is 1. The number of aryl methyl sites for hydroxylation is 1. The molecule has 2 rings (SSSR count). The van der Waals surface area contributed by atoms with Crippen molar-refractivity contribution in [2.24, 2.45) is 5.92 Å². The minimum atomic E-state index is -3.73. The molecule has 0 amide bonds. The number of benzene rings is 1. The molecule has 1 aromatic heterocycles. The predicted molar refractivity (Wildman–Crippen MR) is 102 cm³/mol. The highest BCUT2D eigenvalue weighted by Crippen LogP contribution is 2.19. The van der Waals surface area contributed by atoms with Crippen LogP contribution in [0.1, 0.15) is 26.1 Å². The zero-order valence-corrected chi connectivity index (χ0v) is 17.3. The normalized spacial score (nSPS) is 12.1. The van der Waals surface area contributed by atoms with Gasteiger partial charge in [-0.15, -0.1) is 10.2 Å². The molecule has 0 unspecified atom stereocenters. The van der Waals surface area contributed by atoms with Crippen molar-refractivity contribution in [3.8, 4) is 0 Å². The van der Waals surface area contributed by atoms with Gasteiger partial charge in [-0.2, -0.15) is 0 Å². The van der Waals surface area contributed by atoms with Gasteiger partial charge in [-0.3, -0.25) is 0 Å². The lowest BCUT2D eigenvalue weighted by atomic mass is 10.2. The van der Waals surface area contributed by atoms with Gasteiger partial charge >= 0.3 is 0 Å². The molecule has 1 heterocycles. The van der Waals surface area contributed by atoms with Gasteiger partial charge in [0.2, 0.25) is 10.0 Å². The standard InChI is InChI=1S/C16H22ClFN4O2S2/c1-11(2)10-22-15(20-21-16(22)25-3)5-4-8-19-26(23,24)12-6-7-14(18)13(17)9-12/h6-7,9,11,19H,4-5,8,10H2,1-3H3. The first kappa shape index (κ1) is 21.1. The molecule has 0 atom stereocenters. The molecule has 0 aliphatic heterocycles. The van der Waals surface area contributed by atoms with Crippen LogP contribution in [0.25, 0.3) is 0 Å². The van der Waals surface area contributed by atoms with Crippen LogP contribution in [0.3, 0.4) is 0 Å². The van der Waals surface area contributed by atoms with Crippen molar-refractivity contribution >= 4 is 33.4 Å². The quantitative estimate of drug-likeness (QED) is 0.497. The molecule has 0 aliphatic carbocycles. The first-order valence-electron chi connectivity index (χ1n) is 8.15. The van der Waals surface area contributed by atoms with Crippen LogP contribution in [0.4, 0.5) is 4.39 Å². The van der Waals surface area contributed by atoms with Crippen molar-refractivity contribution in [1.82, 2.24) is 19.5 Å². The van der Waals surface area contributed by atoms with E-state index in [2.05, 4.69) is 33.3 Å². The number of sulfonamides is 1. The highest BCUT2D eigenvalue weighted by Gasteiger charge is 2.16. The van der Waals surface area contributed by atoms with Gasteiger partial charge in [-0.25, -0.2) is 17.5 Å². The van der Waals surface area contributed by atoms with Gasteiger partial charge in [-0.05, 0) is 36.8 Å². The Balaban J connectivity index is 1.96. The monoisotopic (exact) mass is 420 g/mol. The van der Waals surface area contributed by atoms with Crippen molar-refractivity contribution in [2.75, 3.05) is 12.8 Å². The summed E-state index contributed by atoms with van der Waals surface area (Å²) in [5.41, 5.74) is 0. The van der Waals surface area contributed by atoms with Crippen molar-refractivity contribution < 1.29 is 12.8 Å². The Morgan fingerprint density at radius 3 is 2.69 bits per heavy atom. The van der Waals surface area contributed by atoms with E-state index in [0.717, 1.165) is 29.7 Å². The smallest absolute Gasteiger partial charge is 0.240 e. The van der Waals surface area contributed by atoms with Gasteiger partial charge in [0.05, 0.1) is 9.92 Å². The summed E-state index contributed by atoms with van der Waals surface area (Å²) in [5, 5.41) is 9.01. The second-order valence-corrected chi connectivity index (χ2v) is 9.13. The largest absolute Gasteiger partial charge is 0.306 e. The number of halogens is 2. The number of aromatic nitrogens is 3. The van der Waals surface area contributed by atoms with Crippen LogP contribution in [-0.4, -0.2) is 36.0 Å². The zero-order valence-electron chi connectivity index (χ0n) is 14.9. The van der Waals surface area contributed by atoms with Gasteiger partial charge in [0.15, 0.2) is 5.16 Å². The van der Waals surface area contributed by atoms with Crippen molar-refractivity contribution in [3.63, 3.8) is 0 Å². The van der Waals surface area contributed by atoms with Crippen LogP contribution in [0, 0.1) is 11.7 Å². The predicted octanol–water partition coefficient (Wildman–Crippen LogP) is 3.36. The Bertz CT molecular complexity index is 856. The van der Waals surface area contributed by atoms with Gasteiger partial charge in [0.1, 0.15) is 11.6 Å². The Morgan fingerprint density at radius 1 is 1.35 bits per heavy atom. The SMILES string of the molecule is CSc1nnc(CCCNS(=O)(=O)c2ccc(F)c(Cl)c2)n1CC(C)C. The molecule has 0 saturated heterocycles. The average molecular weight is 421 g/mol. The van der Waals surface area contributed by atoms with Gasteiger partial charge in [0.25, 0.3) is 0 Å². The molecule has 0 bridgehead atoms. The average Bonchev–Trinajstić information content (AvgIpc) is 2.95. The molecule has 0 aliphatic rings. The molecule has 26 heavy (non-hydrogen) atoms. The summed E-state index contributed by atoms with van der Waals surface area (Å²) in [4.78, 5) is -0.0588. The van der Waals surface area contributed by atoms with Crippen LogP contribution < -0.4 is 4.72 Å². The van der Waals surface area contributed by atoms with Crippen LogP contribution in [0.15, 0.2) is 28.3 Å². The van der Waals surface area contributed by atoms with E-state index in [0.29, 0.717) is 18.8 Å². The van der Waals surface area contributed by atoms with Gasteiger partial charge < -0.3 is 4.57 Å². The summed E-state index contributed by atoms with van der Waals surface area (Å²) in [6.07, 6.45) is 3.12. The summed E-state index contributed by atoms with van der Waals surface area (Å²) in [6, 6.07) is 3.33. The lowest BCUT2D eigenvalue weighted by Crippen LogP contribution is -2.25. The topological polar surface area (TPSA) is 76.9 Å². The number of thioether (sulfide) groups is 1. The molecule has 1 aromatic carbocycles. The molecule has 6 nitrogen and oxygen atoms in total. The molecule has 0 fully saturated rings. The van der Waals surface area contributed by atoms with E-state index in [1.54, 1.807) is 0 Å². The van der Waals surface area contributed by atoms with E-state index in [1.165, 1.54) is 17.8 Å². The third-order valence-corrected chi connectivity index (χ3v) is 6.01.